The minimum atomic E-state index is -0.480. The first-order valence-corrected chi connectivity index (χ1v) is 14.0. The number of allylic oxidation sites excluding steroid dienone is 2. The number of nitrogens with one attached hydrogen (secondary N) is 2. The van der Waals surface area contributed by atoms with Crippen molar-refractivity contribution in [2.75, 3.05) is 36.5 Å². The van der Waals surface area contributed by atoms with E-state index in [1.165, 1.54) is 16.0 Å². The second-order valence-electron chi connectivity index (χ2n) is 10.9. The van der Waals surface area contributed by atoms with E-state index in [-0.39, 0.29) is 30.8 Å². The molecule has 10 nitrogen and oxygen atoms in total. The van der Waals surface area contributed by atoms with Crippen LogP contribution in [0.25, 0.3) is 5.57 Å². The number of anilines is 2. The molecule has 0 spiro atoms. The van der Waals surface area contributed by atoms with Crippen LogP contribution in [0.15, 0.2) is 60.7 Å². The number of nitrogens with two attached hydrogens (primary N) is 1. The Morgan fingerprint density at radius 1 is 1.18 bits per heavy atom. The third-order valence-electron chi connectivity index (χ3n) is 7.84. The molecule has 0 bridgehead atoms. The molecule has 4 aliphatic rings. The summed E-state index contributed by atoms with van der Waals surface area (Å²) in [4.78, 5) is 30.2. The summed E-state index contributed by atoms with van der Waals surface area (Å²) in [5.41, 5.74) is 8.15. The number of amides is 2. The molecule has 2 aliphatic carbocycles. The van der Waals surface area contributed by atoms with E-state index < -0.39 is 11.7 Å². The lowest BCUT2D eigenvalue weighted by Crippen LogP contribution is -2.45. The quantitative estimate of drug-likeness (QED) is 0.409. The number of fused-ring (bicyclic) bond motifs is 1. The highest BCUT2D eigenvalue weighted by Gasteiger charge is 2.37. The Morgan fingerprint density at radius 3 is 2.88 bits per heavy atom. The molecule has 2 amide bonds. The van der Waals surface area contributed by atoms with Crippen LogP contribution in [0.3, 0.4) is 0 Å². The summed E-state index contributed by atoms with van der Waals surface area (Å²) in [6.07, 6.45) is 10.1. The van der Waals surface area contributed by atoms with E-state index in [0.717, 1.165) is 25.7 Å². The Kier molecular flexibility index (Phi) is 7.55. The van der Waals surface area contributed by atoms with E-state index in [4.69, 9.17) is 19.9 Å². The van der Waals surface area contributed by atoms with Gasteiger partial charge in [0.2, 0.25) is 0 Å². The van der Waals surface area contributed by atoms with E-state index in [1.807, 2.05) is 6.07 Å². The van der Waals surface area contributed by atoms with Gasteiger partial charge in [-0.25, -0.2) is 9.78 Å². The normalized spacial score (nSPS) is 27.6. The smallest absolute Gasteiger partial charge is 0.415 e. The highest BCUT2D eigenvalue weighted by atomic mass is 16.6. The first-order valence-electron chi connectivity index (χ1n) is 14.0. The molecule has 210 valence electrons. The van der Waals surface area contributed by atoms with Gasteiger partial charge in [-0.05, 0) is 55.5 Å². The fourth-order valence-corrected chi connectivity index (χ4v) is 5.81. The maximum atomic E-state index is 12.6. The molecule has 4 atom stereocenters. The summed E-state index contributed by atoms with van der Waals surface area (Å²) in [6.45, 7) is 1.62. The fourth-order valence-electron chi connectivity index (χ4n) is 5.81. The van der Waals surface area contributed by atoms with Crippen molar-refractivity contribution in [1.82, 2.24) is 10.3 Å². The van der Waals surface area contributed by atoms with Gasteiger partial charge in [0.05, 0.1) is 12.6 Å². The topological polar surface area (TPSA) is 128 Å². The largest absolute Gasteiger partial charge is 0.480 e. The van der Waals surface area contributed by atoms with Crippen LogP contribution in [-0.4, -0.2) is 67.1 Å². The van der Waals surface area contributed by atoms with Crippen LogP contribution < -0.4 is 26.0 Å². The summed E-state index contributed by atoms with van der Waals surface area (Å²) in [5.74, 6) is 0.931. The van der Waals surface area contributed by atoms with Gasteiger partial charge >= 0.3 is 6.09 Å². The molecule has 1 aromatic carbocycles. The molecule has 1 saturated carbocycles. The number of cyclic esters (lactones) is 1. The number of aromatic nitrogens is 1. The second-order valence-corrected chi connectivity index (χ2v) is 10.9. The number of ether oxygens (including phenoxy) is 3. The Balaban J connectivity index is 1.06. The van der Waals surface area contributed by atoms with Gasteiger partial charge in [-0.2, -0.15) is 0 Å². The first-order chi connectivity index (χ1) is 19.5. The van der Waals surface area contributed by atoms with Crippen molar-refractivity contribution in [1.29, 1.82) is 0 Å². The van der Waals surface area contributed by atoms with Crippen molar-refractivity contribution in [3.8, 4) is 5.75 Å². The number of carbonyl (C=O) groups excluding carboxylic acids is 2. The second kappa shape index (κ2) is 11.4. The SMILES string of the molecule is N[C@@H]1CC[C@H](OC2(CNCC[C@H]3CN(c4ccc5c(n4)NC(=O)CO5)C(=O)O3)C=CC=C(c3ccccc3)C2)C1. The van der Waals surface area contributed by atoms with Crippen LogP contribution in [0, 0.1) is 0 Å². The van der Waals surface area contributed by atoms with Crippen LogP contribution in [0.2, 0.25) is 0 Å². The van der Waals surface area contributed by atoms with Crippen LogP contribution in [0.4, 0.5) is 16.4 Å². The first kappa shape index (κ1) is 26.5. The molecule has 2 aromatic rings. The van der Waals surface area contributed by atoms with E-state index in [9.17, 15) is 9.59 Å². The molecule has 1 saturated heterocycles. The van der Waals surface area contributed by atoms with E-state index in [0.29, 0.717) is 43.4 Å². The summed E-state index contributed by atoms with van der Waals surface area (Å²) in [7, 11) is 0. The van der Waals surface area contributed by atoms with Crippen molar-refractivity contribution in [2.45, 2.75) is 56.0 Å². The zero-order chi connectivity index (χ0) is 27.5. The number of pyridine rings is 1. The molecule has 1 unspecified atom stereocenters. The van der Waals surface area contributed by atoms with Gasteiger partial charge in [0.25, 0.3) is 5.91 Å². The molecule has 6 rings (SSSR count). The molecule has 10 heteroatoms. The number of hydrogen-bond acceptors (Lipinski definition) is 8. The maximum Gasteiger partial charge on any atom is 0.415 e. The lowest BCUT2D eigenvalue weighted by Gasteiger charge is -2.37. The lowest BCUT2D eigenvalue weighted by atomic mass is 9.85. The molecule has 4 N–H and O–H groups in total. The van der Waals surface area contributed by atoms with Gasteiger partial charge in [0.1, 0.15) is 17.5 Å². The number of hydrogen-bond donors (Lipinski definition) is 3. The summed E-state index contributed by atoms with van der Waals surface area (Å²) in [5, 5.41) is 6.25. The lowest BCUT2D eigenvalue weighted by molar-refractivity contribution is -0.118. The average molecular weight is 546 g/mol. The van der Waals surface area contributed by atoms with Gasteiger partial charge in [0, 0.05) is 19.0 Å². The minimum Gasteiger partial charge on any atom is -0.480 e. The van der Waals surface area contributed by atoms with E-state index >= 15 is 0 Å². The van der Waals surface area contributed by atoms with Crippen LogP contribution >= 0.6 is 0 Å². The summed E-state index contributed by atoms with van der Waals surface area (Å²) >= 11 is 0. The van der Waals surface area contributed by atoms with Crippen molar-refractivity contribution >= 4 is 29.2 Å². The van der Waals surface area contributed by atoms with Gasteiger partial charge < -0.3 is 30.6 Å². The highest BCUT2D eigenvalue weighted by molar-refractivity contribution is 5.95. The zero-order valence-corrected chi connectivity index (χ0v) is 22.4. The molecular weight excluding hydrogens is 510 g/mol. The van der Waals surface area contributed by atoms with Crippen molar-refractivity contribution in [3.63, 3.8) is 0 Å². The van der Waals surface area contributed by atoms with Crippen LogP contribution in [-0.2, 0) is 14.3 Å². The predicted molar refractivity (Wildman–Crippen MR) is 151 cm³/mol. The van der Waals surface area contributed by atoms with Crippen LogP contribution in [0.1, 0.15) is 37.7 Å². The van der Waals surface area contributed by atoms with E-state index in [1.54, 1.807) is 12.1 Å². The van der Waals surface area contributed by atoms with Crippen LogP contribution in [0.5, 0.6) is 5.75 Å². The van der Waals surface area contributed by atoms with Gasteiger partial charge in [0.15, 0.2) is 18.2 Å². The van der Waals surface area contributed by atoms with Crippen molar-refractivity contribution in [2.24, 2.45) is 5.73 Å². The molecule has 0 radical (unpaired) electrons. The third kappa shape index (κ3) is 5.89. The highest BCUT2D eigenvalue weighted by Crippen LogP contribution is 2.36. The van der Waals surface area contributed by atoms with Gasteiger partial charge in [-0.1, -0.05) is 48.6 Å². The zero-order valence-electron chi connectivity index (χ0n) is 22.4. The molecule has 1 aromatic heterocycles. The fraction of sp³-hybridized carbons (Fsp3) is 0.433. The molecular formula is C30H35N5O5. The average Bonchev–Trinajstić information content (AvgIpc) is 3.55. The van der Waals surface area contributed by atoms with Crippen molar-refractivity contribution in [3.05, 3.63) is 66.3 Å². The summed E-state index contributed by atoms with van der Waals surface area (Å²) < 4.78 is 17.8. The van der Waals surface area contributed by atoms with Crippen molar-refractivity contribution < 1.29 is 23.8 Å². The predicted octanol–water partition coefficient (Wildman–Crippen LogP) is 3.40. The number of nitrogens with zero attached hydrogens (tertiary/aromatic N) is 2. The number of carbonyl (C=O) groups is 2. The standard InChI is InChI=1S/C30H35N5O5/c31-22-8-9-23(15-22)40-30(13-4-7-21(16-30)20-5-2-1-3-6-20)19-32-14-12-24-17-35(29(37)39-24)26-11-10-25-28(33-26)34-27(36)18-38-25/h1-7,10-11,13,22-24,32H,8-9,12,14-19,31H2,(H,33,34,36)/t22-,23+,24+,30?/m1/s1. The Labute approximate surface area is 233 Å². The molecule has 2 aliphatic heterocycles. The molecule has 2 fully saturated rings. The monoisotopic (exact) mass is 545 g/mol. The minimum absolute atomic E-state index is 0.0466. The van der Waals surface area contributed by atoms with E-state index in [2.05, 4.69) is 58.1 Å². The summed E-state index contributed by atoms with van der Waals surface area (Å²) in [6, 6.07) is 14.0. The Hall–Kier alpha value is -3.73. The number of benzene rings is 1. The van der Waals surface area contributed by atoms with Gasteiger partial charge in [-0.15, -0.1) is 0 Å². The Morgan fingerprint density at radius 2 is 2.05 bits per heavy atom. The third-order valence-corrected chi connectivity index (χ3v) is 7.84. The Bertz CT molecular complexity index is 1310. The van der Waals surface area contributed by atoms with Gasteiger partial charge in [-0.3, -0.25) is 9.69 Å². The number of rotatable bonds is 9. The molecule has 40 heavy (non-hydrogen) atoms. The molecule has 3 heterocycles. The maximum absolute atomic E-state index is 12.6.